The Hall–Kier alpha value is -0.410. The van der Waals surface area contributed by atoms with Crippen molar-refractivity contribution in [3.8, 4) is 0 Å². The minimum absolute atomic E-state index is 0.00451. The Balaban J connectivity index is 2.29. The smallest absolute Gasteiger partial charge is 0.0724 e. The van der Waals surface area contributed by atoms with Crippen LogP contribution < -0.4 is 5.32 Å². The predicted octanol–water partition coefficient (Wildman–Crippen LogP) is 6.58. The molecule has 5 heteroatoms. The molecule has 0 spiro atoms. The standard InChI is InChI=1S/C14H11BrCl3N/c1-8(10-4-2-3-5-11(10)16)19-14-12(17)6-9(15)7-13(14)18/h2-8,19H,1H3. The van der Waals surface area contributed by atoms with E-state index in [1.165, 1.54) is 0 Å². The van der Waals surface area contributed by atoms with Gasteiger partial charge in [0.1, 0.15) is 0 Å². The third-order valence-corrected chi connectivity index (χ3v) is 4.14. The quantitative estimate of drug-likeness (QED) is 0.635. The van der Waals surface area contributed by atoms with Gasteiger partial charge in [0, 0.05) is 9.50 Å². The van der Waals surface area contributed by atoms with E-state index in [0.717, 1.165) is 10.0 Å². The van der Waals surface area contributed by atoms with Gasteiger partial charge in [0.05, 0.1) is 21.8 Å². The van der Waals surface area contributed by atoms with E-state index in [9.17, 15) is 0 Å². The zero-order chi connectivity index (χ0) is 14.0. The normalized spacial score (nSPS) is 12.3. The maximum absolute atomic E-state index is 6.20. The van der Waals surface area contributed by atoms with Crippen molar-refractivity contribution in [2.24, 2.45) is 0 Å². The van der Waals surface area contributed by atoms with E-state index in [-0.39, 0.29) is 6.04 Å². The number of rotatable bonds is 3. The zero-order valence-corrected chi connectivity index (χ0v) is 13.9. The maximum atomic E-state index is 6.20. The Morgan fingerprint density at radius 1 is 1.00 bits per heavy atom. The van der Waals surface area contributed by atoms with Gasteiger partial charge in [-0.1, -0.05) is 68.9 Å². The molecule has 1 atom stereocenters. The fourth-order valence-corrected chi connectivity index (χ4v) is 3.42. The summed E-state index contributed by atoms with van der Waals surface area (Å²) >= 11 is 21.9. The molecule has 0 bridgehead atoms. The highest BCUT2D eigenvalue weighted by Gasteiger charge is 2.13. The summed E-state index contributed by atoms with van der Waals surface area (Å²) < 4.78 is 0.846. The van der Waals surface area contributed by atoms with Crippen molar-refractivity contribution in [2.45, 2.75) is 13.0 Å². The molecule has 100 valence electrons. The number of hydrogen-bond donors (Lipinski definition) is 1. The molecule has 0 saturated carbocycles. The van der Waals surface area contributed by atoms with Crippen LogP contribution in [0.1, 0.15) is 18.5 Å². The van der Waals surface area contributed by atoms with Gasteiger partial charge in [-0.3, -0.25) is 0 Å². The van der Waals surface area contributed by atoms with Crippen LogP contribution in [-0.2, 0) is 0 Å². The molecule has 1 unspecified atom stereocenters. The molecule has 2 aromatic carbocycles. The van der Waals surface area contributed by atoms with Gasteiger partial charge in [0.15, 0.2) is 0 Å². The van der Waals surface area contributed by atoms with E-state index in [0.29, 0.717) is 20.8 Å². The molecule has 2 rings (SSSR count). The molecule has 1 nitrogen and oxygen atoms in total. The molecule has 0 heterocycles. The second kappa shape index (κ2) is 6.36. The summed E-state index contributed by atoms with van der Waals surface area (Å²) in [6.45, 7) is 2.01. The number of halogens is 4. The second-order valence-corrected chi connectivity index (χ2v) is 6.27. The van der Waals surface area contributed by atoms with Crippen molar-refractivity contribution in [3.63, 3.8) is 0 Å². The van der Waals surface area contributed by atoms with Gasteiger partial charge < -0.3 is 5.32 Å². The lowest BCUT2D eigenvalue weighted by Crippen LogP contribution is -2.08. The molecule has 0 aromatic heterocycles. The molecule has 2 aromatic rings. The molecular formula is C14H11BrCl3N. The summed E-state index contributed by atoms with van der Waals surface area (Å²) in [5.41, 5.74) is 1.71. The molecule has 1 N–H and O–H groups in total. The fraction of sp³-hybridized carbons (Fsp3) is 0.143. The van der Waals surface area contributed by atoms with Crippen LogP contribution >= 0.6 is 50.7 Å². The Kier molecular flexibility index (Phi) is 5.02. The van der Waals surface area contributed by atoms with Gasteiger partial charge >= 0.3 is 0 Å². The van der Waals surface area contributed by atoms with Crippen molar-refractivity contribution in [2.75, 3.05) is 5.32 Å². The van der Waals surface area contributed by atoms with Crippen LogP contribution in [0.25, 0.3) is 0 Å². The van der Waals surface area contributed by atoms with E-state index in [1.54, 1.807) is 12.1 Å². The molecule has 0 aliphatic heterocycles. The van der Waals surface area contributed by atoms with Crippen molar-refractivity contribution >= 4 is 56.4 Å². The van der Waals surface area contributed by atoms with Gasteiger partial charge in [-0.25, -0.2) is 0 Å². The number of hydrogen-bond acceptors (Lipinski definition) is 1. The molecule has 0 aliphatic rings. The summed E-state index contributed by atoms with van der Waals surface area (Å²) in [4.78, 5) is 0. The monoisotopic (exact) mass is 377 g/mol. The first-order chi connectivity index (χ1) is 8.99. The Bertz CT molecular complexity index is 578. The summed E-state index contributed by atoms with van der Waals surface area (Å²) in [5.74, 6) is 0. The fourth-order valence-electron chi connectivity index (χ4n) is 1.80. The summed E-state index contributed by atoms with van der Waals surface area (Å²) in [6.07, 6.45) is 0. The molecule has 0 saturated heterocycles. The minimum atomic E-state index is 0.00451. The molecule has 0 aliphatic carbocycles. The average molecular weight is 380 g/mol. The Morgan fingerprint density at radius 2 is 1.58 bits per heavy atom. The second-order valence-electron chi connectivity index (χ2n) is 4.13. The lowest BCUT2D eigenvalue weighted by Gasteiger charge is -2.19. The van der Waals surface area contributed by atoms with Gasteiger partial charge in [-0.2, -0.15) is 0 Å². The molecular weight excluding hydrogens is 368 g/mol. The summed E-state index contributed by atoms with van der Waals surface area (Å²) in [5, 5.41) is 5.14. The van der Waals surface area contributed by atoms with Crippen molar-refractivity contribution in [1.29, 1.82) is 0 Å². The van der Waals surface area contributed by atoms with E-state index >= 15 is 0 Å². The van der Waals surface area contributed by atoms with Gasteiger partial charge in [0.25, 0.3) is 0 Å². The van der Waals surface area contributed by atoms with Crippen LogP contribution in [0.3, 0.4) is 0 Å². The van der Waals surface area contributed by atoms with Gasteiger partial charge in [-0.15, -0.1) is 0 Å². The SMILES string of the molecule is CC(Nc1c(Cl)cc(Br)cc1Cl)c1ccccc1Cl. The highest BCUT2D eigenvalue weighted by atomic mass is 79.9. The Morgan fingerprint density at radius 3 is 2.16 bits per heavy atom. The van der Waals surface area contributed by atoms with Gasteiger partial charge in [0.2, 0.25) is 0 Å². The molecule has 0 radical (unpaired) electrons. The van der Waals surface area contributed by atoms with Crippen LogP contribution in [0.5, 0.6) is 0 Å². The van der Waals surface area contributed by atoms with Gasteiger partial charge in [-0.05, 0) is 30.7 Å². The molecule has 0 fully saturated rings. The third-order valence-electron chi connectivity index (χ3n) is 2.74. The summed E-state index contributed by atoms with van der Waals surface area (Å²) in [6, 6.07) is 11.3. The minimum Gasteiger partial charge on any atom is -0.376 e. The van der Waals surface area contributed by atoms with Crippen molar-refractivity contribution in [1.82, 2.24) is 0 Å². The van der Waals surface area contributed by atoms with Crippen molar-refractivity contribution in [3.05, 3.63) is 61.5 Å². The van der Waals surface area contributed by atoms with Crippen LogP contribution in [0.15, 0.2) is 40.9 Å². The van der Waals surface area contributed by atoms with E-state index in [4.69, 9.17) is 34.8 Å². The van der Waals surface area contributed by atoms with Crippen LogP contribution in [0.2, 0.25) is 15.1 Å². The van der Waals surface area contributed by atoms with E-state index in [2.05, 4.69) is 21.2 Å². The highest BCUT2D eigenvalue weighted by Crippen LogP contribution is 2.36. The first-order valence-corrected chi connectivity index (χ1v) is 7.57. The first kappa shape index (κ1) is 15.0. The molecule has 19 heavy (non-hydrogen) atoms. The lowest BCUT2D eigenvalue weighted by molar-refractivity contribution is 0.885. The van der Waals surface area contributed by atoms with E-state index < -0.39 is 0 Å². The Labute approximate surface area is 136 Å². The topological polar surface area (TPSA) is 12.0 Å². The number of nitrogens with one attached hydrogen (secondary N) is 1. The first-order valence-electron chi connectivity index (χ1n) is 5.64. The average Bonchev–Trinajstić information content (AvgIpc) is 2.34. The van der Waals surface area contributed by atoms with Crippen LogP contribution in [0.4, 0.5) is 5.69 Å². The van der Waals surface area contributed by atoms with Crippen LogP contribution in [-0.4, -0.2) is 0 Å². The molecule has 0 amide bonds. The summed E-state index contributed by atoms with van der Waals surface area (Å²) in [7, 11) is 0. The lowest BCUT2D eigenvalue weighted by atomic mass is 10.1. The van der Waals surface area contributed by atoms with Crippen molar-refractivity contribution < 1.29 is 0 Å². The zero-order valence-electron chi connectivity index (χ0n) is 10.1. The third kappa shape index (κ3) is 3.57. The number of anilines is 1. The predicted molar refractivity (Wildman–Crippen MR) is 87.7 cm³/mol. The van der Waals surface area contributed by atoms with Crippen LogP contribution in [0, 0.1) is 0 Å². The maximum Gasteiger partial charge on any atom is 0.0724 e. The number of benzene rings is 2. The van der Waals surface area contributed by atoms with E-state index in [1.807, 2.05) is 31.2 Å². The highest BCUT2D eigenvalue weighted by molar-refractivity contribution is 9.10. The largest absolute Gasteiger partial charge is 0.376 e.